The molecule has 0 fully saturated rings. The molecular weight excluding hydrogens is 364 g/mol. The van der Waals surface area contributed by atoms with Crippen molar-refractivity contribution in [2.45, 2.75) is 73.8 Å². The topological polar surface area (TPSA) is 9.86 Å². The summed E-state index contributed by atoms with van der Waals surface area (Å²) in [6.07, 6.45) is 2.16. The van der Waals surface area contributed by atoms with Crippen LogP contribution in [0.2, 0.25) is 0 Å². The predicted octanol–water partition coefficient (Wildman–Crippen LogP) is 8.75. The summed E-state index contributed by atoms with van der Waals surface area (Å²) in [6, 6.07) is 21.4. The number of para-hydroxylation sites is 2. The zero-order valence-electron chi connectivity index (χ0n) is 20.8. The van der Waals surface area contributed by atoms with Crippen LogP contribution in [-0.2, 0) is 12.6 Å². The molecule has 0 spiro atoms. The summed E-state index contributed by atoms with van der Waals surface area (Å²) in [4.78, 5) is 0. The van der Waals surface area contributed by atoms with Crippen molar-refractivity contribution in [3.8, 4) is 0 Å². The molecule has 0 aliphatic heterocycles. The van der Waals surface area contributed by atoms with Crippen molar-refractivity contribution < 1.29 is 0 Å². The maximum absolute atomic E-state index is 2.31. The minimum absolute atomic E-state index is 0.170. The average molecular weight is 407 g/mol. The van der Waals surface area contributed by atoms with Crippen molar-refractivity contribution in [2.24, 2.45) is 7.05 Å². The molecule has 2 aromatic carbocycles. The minimum atomic E-state index is 0.170. The number of fused-ring (bicyclic) bond motifs is 2. The summed E-state index contributed by atoms with van der Waals surface area (Å²) in [6.45, 7) is 19.1. The standard InChI is InChI=1S/2C12H15N.2C2H6/c1-12(2,3)13-9-8-10-6-4-5-7-11(10)13;1-9(2)12-8-10-6-4-5-7-11(10)13(12)3;2*1-2/h2*4-9H,1-3H3;2*1-2H3. The normalized spacial score (nSPS) is 10.6. The summed E-state index contributed by atoms with van der Waals surface area (Å²) < 4.78 is 4.59. The van der Waals surface area contributed by atoms with Crippen molar-refractivity contribution in [1.82, 2.24) is 9.13 Å². The zero-order chi connectivity index (χ0) is 22.9. The Balaban J connectivity index is 0.000000258. The lowest BCUT2D eigenvalue weighted by Gasteiger charge is -2.22. The molecule has 0 amide bonds. The van der Waals surface area contributed by atoms with E-state index in [9.17, 15) is 0 Å². The third-order valence-electron chi connectivity index (χ3n) is 4.90. The van der Waals surface area contributed by atoms with Crippen LogP contribution in [0, 0.1) is 0 Å². The van der Waals surface area contributed by atoms with Crippen molar-refractivity contribution in [2.75, 3.05) is 0 Å². The van der Waals surface area contributed by atoms with E-state index in [0.29, 0.717) is 5.92 Å². The van der Waals surface area contributed by atoms with Crippen LogP contribution < -0.4 is 0 Å². The summed E-state index contributed by atoms with van der Waals surface area (Å²) in [5.74, 6) is 0.595. The minimum Gasteiger partial charge on any atom is -0.347 e. The van der Waals surface area contributed by atoms with Crippen molar-refractivity contribution in [3.05, 3.63) is 72.6 Å². The van der Waals surface area contributed by atoms with E-state index in [1.54, 1.807) is 0 Å². The Hall–Kier alpha value is -2.48. The van der Waals surface area contributed by atoms with Crippen LogP contribution in [0.3, 0.4) is 0 Å². The van der Waals surface area contributed by atoms with Gasteiger partial charge in [0.15, 0.2) is 0 Å². The Morgan fingerprint density at radius 2 is 1.20 bits per heavy atom. The van der Waals surface area contributed by atoms with E-state index in [0.717, 1.165) is 0 Å². The molecule has 164 valence electrons. The number of hydrogen-bond acceptors (Lipinski definition) is 0. The first-order valence-electron chi connectivity index (χ1n) is 11.4. The number of aryl methyl sites for hydroxylation is 1. The Morgan fingerprint density at radius 3 is 1.70 bits per heavy atom. The van der Waals surface area contributed by atoms with E-state index in [4.69, 9.17) is 0 Å². The van der Waals surface area contributed by atoms with E-state index in [-0.39, 0.29) is 5.54 Å². The van der Waals surface area contributed by atoms with Gasteiger partial charge in [-0.1, -0.05) is 77.9 Å². The molecule has 0 atom stereocenters. The quantitative estimate of drug-likeness (QED) is 0.299. The highest BCUT2D eigenvalue weighted by Crippen LogP contribution is 2.24. The van der Waals surface area contributed by atoms with Gasteiger partial charge in [-0.25, -0.2) is 0 Å². The van der Waals surface area contributed by atoms with Gasteiger partial charge in [-0.3, -0.25) is 0 Å². The van der Waals surface area contributed by atoms with Crippen molar-refractivity contribution >= 4 is 21.8 Å². The summed E-state index contributed by atoms with van der Waals surface area (Å²) in [5, 5.41) is 2.66. The second-order valence-electron chi connectivity index (χ2n) is 8.26. The van der Waals surface area contributed by atoms with Gasteiger partial charge in [0.25, 0.3) is 0 Å². The Labute approximate surface area is 184 Å². The lowest BCUT2D eigenvalue weighted by atomic mass is 10.1. The van der Waals surface area contributed by atoms with E-state index in [1.807, 2.05) is 27.7 Å². The number of aromatic nitrogens is 2. The predicted molar refractivity (Wildman–Crippen MR) is 137 cm³/mol. The molecule has 2 heteroatoms. The molecule has 0 saturated carbocycles. The van der Waals surface area contributed by atoms with Crippen LogP contribution >= 0.6 is 0 Å². The second-order valence-corrected chi connectivity index (χ2v) is 8.26. The Kier molecular flexibility index (Phi) is 9.92. The third kappa shape index (κ3) is 6.01. The van der Waals surface area contributed by atoms with Crippen molar-refractivity contribution in [1.29, 1.82) is 0 Å². The summed E-state index contributed by atoms with van der Waals surface area (Å²) in [5.41, 5.74) is 4.21. The summed E-state index contributed by atoms with van der Waals surface area (Å²) in [7, 11) is 2.14. The first-order valence-corrected chi connectivity index (χ1v) is 11.4. The van der Waals surface area contributed by atoms with Gasteiger partial charge in [-0.05, 0) is 61.7 Å². The van der Waals surface area contributed by atoms with Gasteiger partial charge in [0.05, 0.1) is 0 Å². The molecule has 0 saturated heterocycles. The first-order chi connectivity index (χ1) is 14.3. The number of benzene rings is 2. The Bertz CT molecular complexity index is 1010. The lowest BCUT2D eigenvalue weighted by Crippen LogP contribution is -2.20. The van der Waals surface area contributed by atoms with Gasteiger partial charge in [0, 0.05) is 35.5 Å². The van der Waals surface area contributed by atoms with E-state index < -0.39 is 0 Å². The van der Waals surface area contributed by atoms with Crippen LogP contribution in [0.4, 0.5) is 0 Å². The Morgan fingerprint density at radius 1 is 0.700 bits per heavy atom. The van der Waals surface area contributed by atoms with E-state index in [1.165, 1.54) is 27.5 Å². The number of hydrogen-bond donors (Lipinski definition) is 0. The average Bonchev–Trinajstić information content (AvgIpc) is 3.33. The van der Waals surface area contributed by atoms with E-state index in [2.05, 4.69) is 118 Å². The molecule has 2 aromatic heterocycles. The maximum atomic E-state index is 2.31. The molecule has 0 aliphatic carbocycles. The fourth-order valence-electron chi connectivity index (χ4n) is 3.53. The van der Waals surface area contributed by atoms with Crippen LogP contribution in [0.25, 0.3) is 21.8 Å². The smallest absolute Gasteiger partial charge is 0.0485 e. The van der Waals surface area contributed by atoms with Crippen LogP contribution in [-0.4, -0.2) is 9.13 Å². The maximum Gasteiger partial charge on any atom is 0.0485 e. The fraction of sp³-hybridized carbons (Fsp3) is 0.429. The second kappa shape index (κ2) is 11.6. The number of nitrogens with zero attached hydrogens (tertiary/aromatic N) is 2. The molecule has 4 aromatic rings. The summed E-state index contributed by atoms with van der Waals surface area (Å²) >= 11 is 0. The molecule has 2 nitrogen and oxygen atoms in total. The largest absolute Gasteiger partial charge is 0.347 e. The van der Waals surface area contributed by atoms with Crippen molar-refractivity contribution in [3.63, 3.8) is 0 Å². The van der Waals surface area contributed by atoms with E-state index >= 15 is 0 Å². The highest BCUT2D eigenvalue weighted by Gasteiger charge is 2.14. The van der Waals surface area contributed by atoms with Gasteiger partial charge in [-0.15, -0.1) is 0 Å². The van der Waals surface area contributed by atoms with Gasteiger partial charge < -0.3 is 9.13 Å². The molecule has 0 unspecified atom stereocenters. The number of rotatable bonds is 1. The molecular formula is C28H42N2. The zero-order valence-corrected chi connectivity index (χ0v) is 20.8. The highest BCUT2D eigenvalue weighted by atomic mass is 15.0. The van der Waals surface area contributed by atoms with Gasteiger partial charge in [0.1, 0.15) is 0 Å². The third-order valence-corrected chi connectivity index (χ3v) is 4.90. The SMILES string of the molecule is CC.CC.CC(C)(C)n1ccc2ccccc21.CC(C)c1cc2ccccc2n1C. The van der Waals surface area contributed by atoms with Gasteiger partial charge in [0.2, 0.25) is 0 Å². The highest BCUT2D eigenvalue weighted by molar-refractivity contribution is 5.81. The molecule has 2 heterocycles. The molecule has 0 radical (unpaired) electrons. The van der Waals surface area contributed by atoms with Gasteiger partial charge in [-0.2, -0.15) is 0 Å². The molecule has 4 rings (SSSR count). The van der Waals surface area contributed by atoms with Crippen LogP contribution in [0.1, 0.15) is 73.9 Å². The molecule has 30 heavy (non-hydrogen) atoms. The van der Waals surface area contributed by atoms with Crippen LogP contribution in [0.5, 0.6) is 0 Å². The van der Waals surface area contributed by atoms with Crippen LogP contribution in [0.15, 0.2) is 66.9 Å². The van der Waals surface area contributed by atoms with Gasteiger partial charge >= 0.3 is 0 Å². The molecule has 0 bridgehead atoms. The fourth-order valence-corrected chi connectivity index (χ4v) is 3.53. The molecule has 0 aliphatic rings. The monoisotopic (exact) mass is 406 g/mol. The lowest BCUT2D eigenvalue weighted by molar-refractivity contribution is 0.411. The first kappa shape index (κ1) is 25.6. The molecule has 0 N–H and O–H groups in total.